The Bertz CT molecular complexity index is 867. The molecule has 1 unspecified atom stereocenters. The van der Waals surface area contributed by atoms with E-state index in [1.807, 2.05) is 30.0 Å². The zero-order valence-electron chi connectivity index (χ0n) is 14.9. The first-order valence-corrected chi connectivity index (χ1v) is 10.3. The van der Waals surface area contributed by atoms with Crippen molar-refractivity contribution in [2.45, 2.75) is 33.2 Å². The molecule has 1 N–H and O–H groups in total. The summed E-state index contributed by atoms with van der Waals surface area (Å²) in [5, 5.41) is 3.34. The number of rotatable bonds is 5. The van der Waals surface area contributed by atoms with Gasteiger partial charge in [0.2, 0.25) is 5.95 Å². The zero-order valence-corrected chi connectivity index (χ0v) is 15.7. The molecule has 0 spiro atoms. The first kappa shape index (κ1) is 17.7. The van der Waals surface area contributed by atoms with Gasteiger partial charge in [0.15, 0.2) is 9.84 Å². The van der Waals surface area contributed by atoms with Gasteiger partial charge in [-0.05, 0) is 50.5 Å². The van der Waals surface area contributed by atoms with Gasteiger partial charge >= 0.3 is 0 Å². The van der Waals surface area contributed by atoms with Crippen LogP contribution in [0.15, 0.2) is 30.5 Å². The maximum atomic E-state index is 11.8. The molecule has 7 heteroatoms. The van der Waals surface area contributed by atoms with E-state index >= 15 is 0 Å². The van der Waals surface area contributed by atoms with E-state index in [0.717, 1.165) is 5.69 Å². The smallest absolute Gasteiger partial charge is 0.227 e. The maximum Gasteiger partial charge on any atom is 0.227 e. The van der Waals surface area contributed by atoms with E-state index in [9.17, 15) is 8.42 Å². The average Bonchev–Trinajstić information content (AvgIpc) is 2.93. The van der Waals surface area contributed by atoms with Gasteiger partial charge in [-0.25, -0.2) is 13.4 Å². The molecule has 1 saturated heterocycles. The highest BCUT2D eigenvalue weighted by Crippen LogP contribution is 2.25. The van der Waals surface area contributed by atoms with Crippen LogP contribution >= 0.6 is 0 Å². The van der Waals surface area contributed by atoms with E-state index in [1.54, 1.807) is 6.20 Å². The normalized spacial score (nSPS) is 18.9. The van der Waals surface area contributed by atoms with E-state index in [-0.39, 0.29) is 17.5 Å². The van der Waals surface area contributed by atoms with Gasteiger partial charge in [-0.15, -0.1) is 0 Å². The Hall–Kier alpha value is -2.15. The van der Waals surface area contributed by atoms with E-state index in [4.69, 9.17) is 0 Å². The lowest BCUT2D eigenvalue weighted by Gasteiger charge is -2.27. The fourth-order valence-corrected chi connectivity index (χ4v) is 4.90. The fraction of sp³-hybridized carbons (Fsp3) is 0.444. The van der Waals surface area contributed by atoms with Crippen molar-refractivity contribution in [3.05, 3.63) is 41.6 Å². The Kier molecular flexibility index (Phi) is 4.94. The molecule has 1 aromatic heterocycles. The predicted molar refractivity (Wildman–Crippen MR) is 101 cm³/mol. The largest absolute Gasteiger partial charge is 0.340 e. The van der Waals surface area contributed by atoms with Crippen LogP contribution in [0.3, 0.4) is 0 Å². The molecule has 1 atom stereocenters. The highest BCUT2D eigenvalue weighted by Gasteiger charge is 2.32. The van der Waals surface area contributed by atoms with Crippen LogP contribution in [0.5, 0.6) is 0 Å². The fourth-order valence-electron chi connectivity index (χ4n) is 3.17. The highest BCUT2D eigenvalue weighted by atomic mass is 32.2. The molecule has 1 aromatic carbocycles. The van der Waals surface area contributed by atoms with Crippen LogP contribution in [0.4, 0.5) is 17.5 Å². The molecule has 1 aliphatic heterocycles. The van der Waals surface area contributed by atoms with Gasteiger partial charge in [0, 0.05) is 24.5 Å². The quantitative estimate of drug-likeness (QED) is 0.884. The van der Waals surface area contributed by atoms with E-state index in [2.05, 4.69) is 35.2 Å². The van der Waals surface area contributed by atoms with E-state index in [1.165, 1.54) is 11.1 Å². The number of hydrogen-bond acceptors (Lipinski definition) is 6. The van der Waals surface area contributed by atoms with Crippen LogP contribution in [-0.2, 0) is 9.84 Å². The minimum atomic E-state index is -2.94. The van der Waals surface area contributed by atoms with Gasteiger partial charge in [-0.2, -0.15) is 4.98 Å². The molecule has 6 nitrogen and oxygen atoms in total. The summed E-state index contributed by atoms with van der Waals surface area (Å²) < 4.78 is 23.6. The number of anilines is 3. The van der Waals surface area contributed by atoms with Crippen LogP contribution in [0.2, 0.25) is 0 Å². The van der Waals surface area contributed by atoms with Gasteiger partial charge in [-0.3, -0.25) is 0 Å². The number of benzene rings is 1. The maximum absolute atomic E-state index is 11.8. The Labute approximate surface area is 149 Å². The molecule has 0 bridgehead atoms. The molecular formula is C18H24N4O2S. The molecule has 0 aliphatic carbocycles. The summed E-state index contributed by atoms with van der Waals surface area (Å²) in [5.41, 5.74) is 3.40. The summed E-state index contributed by atoms with van der Waals surface area (Å²) in [6.07, 6.45) is 2.34. The van der Waals surface area contributed by atoms with Gasteiger partial charge in [-0.1, -0.05) is 12.1 Å². The Morgan fingerprint density at radius 1 is 1.28 bits per heavy atom. The molecule has 1 fully saturated rings. The lowest BCUT2D eigenvalue weighted by atomic mass is 10.1. The Morgan fingerprint density at radius 2 is 2.08 bits per heavy atom. The van der Waals surface area contributed by atoms with E-state index in [0.29, 0.717) is 24.7 Å². The van der Waals surface area contributed by atoms with Crippen LogP contribution in [-0.4, -0.2) is 42.5 Å². The number of sulfone groups is 1. The molecule has 25 heavy (non-hydrogen) atoms. The molecule has 3 rings (SSSR count). The van der Waals surface area contributed by atoms with Crippen LogP contribution < -0.4 is 10.2 Å². The van der Waals surface area contributed by atoms with Crippen LogP contribution in [0, 0.1) is 13.8 Å². The molecule has 2 heterocycles. The summed E-state index contributed by atoms with van der Waals surface area (Å²) >= 11 is 0. The molecule has 0 radical (unpaired) electrons. The molecular weight excluding hydrogens is 336 g/mol. The minimum Gasteiger partial charge on any atom is -0.340 e. The first-order valence-electron chi connectivity index (χ1n) is 8.53. The summed E-state index contributed by atoms with van der Waals surface area (Å²) in [6.45, 7) is 6.82. The summed E-state index contributed by atoms with van der Waals surface area (Å²) in [7, 11) is -2.94. The topological polar surface area (TPSA) is 75.2 Å². The van der Waals surface area contributed by atoms with Crippen molar-refractivity contribution in [2.75, 3.05) is 28.3 Å². The second kappa shape index (κ2) is 7.00. The Morgan fingerprint density at radius 3 is 2.76 bits per heavy atom. The van der Waals surface area contributed by atoms with E-state index < -0.39 is 9.84 Å². The van der Waals surface area contributed by atoms with Crippen LogP contribution in [0.1, 0.15) is 24.5 Å². The Balaban J connectivity index is 1.84. The third kappa shape index (κ3) is 3.92. The number of aryl methyl sites for hydroxylation is 1. The van der Waals surface area contributed by atoms with Crippen molar-refractivity contribution >= 4 is 27.3 Å². The number of nitrogens with zero attached hydrogens (tertiary/aromatic N) is 3. The van der Waals surface area contributed by atoms with Crippen molar-refractivity contribution < 1.29 is 8.42 Å². The van der Waals surface area contributed by atoms with Gasteiger partial charge < -0.3 is 10.2 Å². The molecule has 134 valence electrons. The first-order chi connectivity index (χ1) is 11.9. The molecule has 1 aliphatic rings. The zero-order chi connectivity index (χ0) is 18.0. The molecule has 2 aromatic rings. The lowest BCUT2D eigenvalue weighted by Crippen LogP contribution is -2.37. The standard InChI is InChI=1S/C18H24N4O2S/c1-4-22(15-9-11-25(23,24)12-15)18-19-10-8-17(21-18)20-16-7-5-6-13(2)14(16)3/h5-8,10,15H,4,9,11-12H2,1-3H3,(H,19,20,21). The van der Waals surface area contributed by atoms with Crippen LogP contribution in [0.25, 0.3) is 0 Å². The predicted octanol–water partition coefficient (Wildman–Crippen LogP) is 2.85. The number of hydrogen-bond donors (Lipinski definition) is 1. The average molecular weight is 360 g/mol. The summed E-state index contributed by atoms with van der Waals surface area (Å²) in [6, 6.07) is 7.88. The SMILES string of the molecule is CCN(c1nccc(Nc2cccc(C)c2C)n1)C1CCS(=O)(=O)C1. The third-order valence-electron chi connectivity index (χ3n) is 4.76. The lowest BCUT2D eigenvalue weighted by molar-refractivity contribution is 0.599. The van der Waals surface area contributed by atoms with Crippen molar-refractivity contribution in [3.8, 4) is 0 Å². The van der Waals surface area contributed by atoms with Crippen molar-refractivity contribution in [1.29, 1.82) is 0 Å². The van der Waals surface area contributed by atoms with Crippen molar-refractivity contribution in [2.24, 2.45) is 0 Å². The minimum absolute atomic E-state index is 0.0500. The van der Waals surface area contributed by atoms with Crippen molar-refractivity contribution in [3.63, 3.8) is 0 Å². The molecule has 0 saturated carbocycles. The monoisotopic (exact) mass is 360 g/mol. The second-order valence-corrected chi connectivity index (χ2v) is 8.69. The van der Waals surface area contributed by atoms with Gasteiger partial charge in [0.05, 0.1) is 11.5 Å². The van der Waals surface area contributed by atoms with Gasteiger partial charge in [0.25, 0.3) is 0 Å². The third-order valence-corrected chi connectivity index (χ3v) is 6.51. The summed E-state index contributed by atoms with van der Waals surface area (Å²) in [5.74, 6) is 1.70. The van der Waals surface area contributed by atoms with Gasteiger partial charge in [0.1, 0.15) is 5.82 Å². The highest BCUT2D eigenvalue weighted by molar-refractivity contribution is 7.91. The molecule has 0 amide bonds. The number of nitrogens with one attached hydrogen (secondary N) is 1. The second-order valence-electron chi connectivity index (χ2n) is 6.46. The summed E-state index contributed by atoms with van der Waals surface area (Å²) in [4.78, 5) is 11.0. The number of aromatic nitrogens is 2. The van der Waals surface area contributed by atoms with Crippen molar-refractivity contribution in [1.82, 2.24) is 9.97 Å².